The number of amides is 1. The molecule has 3 aromatic rings. The van der Waals surface area contributed by atoms with Crippen LogP contribution < -0.4 is 10.2 Å². The fourth-order valence-electron chi connectivity index (χ4n) is 3.23. The Balaban J connectivity index is 1.52. The predicted molar refractivity (Wildman–Crippen MR) is 113 cm³/mol. The molecule has 1 N–H and O–H groups in total. The van der Waals surface area contributed by atoms with E-state index in [1.807, 2.05) is 49.5 Å². The standard InChI is InChI=1S/C21H19N5OS/c1-14-4-2-5-16(10-14)23-21(27)18-6-3-7-20(25-18)26-9-8-17-15(12-26)11-22-19(13-28)24-17/h2-7,10-11,13H,8-9,12H2,1H3,(H,23,27). The van der Waals surface area contributed by atoms with Crippen LogP contribution in [0.3, 0.4) is 0 Å². The second-order valence-corrected chi connectivity index (χ2v) is 6.93. The highest BCUT2D eigenvalue weighted by atomic mass is 32.1. The number of aryl methyl sites for hydroxylation is 1. The van der Waals surface area contributed by atoms with E-state index >= 15 is 0 Å². The Hall–Kier alpha value is -3.19. The second kappa shape index (κ2) is 7.82. The number of hydrogen-bond donors (Lipinski definition) is 1. The summed E-state index contributed by atoms with van der Waals surface area (Å²) in [5.74, 6) is 1.12. The van der Waals surface area contributed by atoms with Crippen LogP contribution in [0.5, 0.6) is 0 Å². The molecule has 0 spiro atoms. The van der Waals surface area contributed by atoms with Crippen molar-refractivity contribution in [3.63, 3.8) is 0 Å². The first-order chi connectivity index (χ1) is 13.6. The molecule has 2 aromatic heterocycles. The van der Waals surface area contributed by atoms with Crippen molar-refractivity contribution in [2.75, 3.05) is 16.8 Å². The minimum absolute atomic E-state index is 0.223. The highest BCUT2D eigenvalue weighted by molar-refractivity contribution is 7.79. The van der Waals surface area contributed by atoms with Crippen molar-refractivity contribution in [3.05, 3.63) is 77.0 Å². The highest BCUT2D eigenvalue weighted by Crippen LogP contribution is 2.22. The molecule has 0 bridgehead atoms. The Morgan fingerprint density at radius 3 is 2.89 bits per heavy atom. The lowest BCUT2D eigenvalue weighted by molar-refractivity contribution is 0.102. The molecule has 1 amide bonds. The van der Waals surface area contributed by atoms with Crippen molar-refractivity contribution in [2.45, 2.75) is 19.9 Å². The second-order valence-electron chi connectivity index (χ2n) is 6.69. The summed E-state index contributed by atoms with van der Waals surface area (Å²) < 4.78 is 0. The van der Waals surface area contributed by atoms with Crippen molar-refractivity contribution >= 4 is 35.0 Å². The Morgan fingerprint density at radius 1 is 1.21 bits per heavy atom. The van der Waals surface area contributed by atoms with Gasteiger partial charge in [-0.15, -0.1) is 0 Å². The van der Waals surface area contributed by atoms with Crippen molar-refractivity contribution in [2.24, 2.45) is 0 Å². The molecule has 6 nitrogen and oxygen atoms in total. The number of rotatable bonds is 4. The van der Waals surface area contributed by atoms with Gasteiger partial charge < -0.3 is 10.2 Å². The number of carbonyl (C=O) groups is 1. The van der Waals surface area contributed by atoms with E-state index < -0.39 is 0 Å². The molecular formula is C21H19N5OS. The lowest BCUT2D eigenvalue weighted by atomic mass is 10.1. The van der Waals surface area contributed by atoms with E-state index in [9.17, 15) is 4.79 Å². The van der Waals surface area contributed by atoms with Gasteiger partial charge in [-0.25, -0.2) is 15.0 Å². The topological polar surface area (TPSA) is 71.0 Å². The number of fused-ring (bicyclic) bond motifs is 1. The molecule has 140 valence electrons. The third-order valence-corrected chi connectivity index (χ3v) is 4.84. The fraction of sp³-hybridized carbons (Fsp3) is 0.190. The average Bonchev–Trinajstić information content (AvgIpc) is 2.73. The molecule has 0 atom stereocenters. The SMILES string of the molecule is Cc1cccc(NC(=O)c2cccc(N3CCc4nc(C=S)ncc4C3)n2)c1. The quantitative estimate of drug-likeness (QED) is 0.690. The third kappa shape index (κ3) is 3.89. The molecule has 0 aliphatic carbocycles. The summed E-state index contributed by atoms with van der Waals surface area (Å²) in [6, 6.07) is 13.2. The number of thiocarbonyl (C=S) groups is 1. The summed E-state index contributed by atoms with van der Waals surface area (Å²) in [7, 11) is 0. The van der Waals surface area contributed by atoms with Crippen molar-refractivity contribution in [3.8, 4) is 0 Å². The zero-order valence-electron chi connectivity index (χ0n) is 15.4. The molecule has 0 saturated heterocycles. The number of carbonyl (C=O) groups excluding carboxylic acids is 1. The van der Waals surface area contributed by atoms with Crippen LogP contribution in [0.1, 0.15) is 33.1 Å². The lowest BCUT2D eigenvalue weighted by Gasteiger charge is -2.29. The summed E-state index contributed by atoms with van der Waals surface area (Å²) in [5, 5.41) is 4.39. The van der Waals surface area contributed by atoms with E-state index in [1.165, 1.54) is 5.37 Å². The van der Waals surface area contributed by atoms with E-state index in [0.717, 1.165) is 41.3 Å². The maximum atomic E-state index is 12.6. The molecule has 1 aliphatic rings. The first-order valence-corrected chi connectivity index (χ1v) is 9.49. The number of nitrogens with zero attached hydrogens (tertiary/aromatic N) is 4. The Morgan fingerprint density at radius 2 is 2.07 bits per heavy atom. The van der Waals surface area contributed by atoms with Crippen LogP contribution in [0, 0.1) is 6.92 Å². The summed E-state index contributed by atoms with van der Waals surface area (Å²) in [5.41, 5.74) is 4.32. The zero-order chi connectivity index (χ0) is 19.5. The molecule has 1 aromatic carbocycles. The van der Waals surface area contributed by atoms with Crippen LogP contribution in [-0.2, 0) is 13.0 Å². The van der Waals surface area contributed by atoms with Crippen molar-refractivity contribution in [1.82, 2.24) is 15.0 Å². The van der Waals surface area contributed by atoms with Gasteiger partial charge in [-0.3, -0.25) is 4.79 Å². The predicted octanol–water partition coefficient (Wildman–Crippen LogP) is 3.34. The minimum Gasteiger partial charge on any atom is -0.352 e. The average molecular weight is 389 g/mol. The molecule has 1 aliphatic heterocycles. The van der Waals surface area contributed by atoms with Crippen LogP contribution in [0.25, 0.3) is 0 Å². The summed E-state index contributed by atoms with van der Waals surface area (Å²) in [4.78, 5) is 28.0. The van der Waals surface area contributed by atoms with Gasteiger partial charge in [-0.05, 0) is 36.8 Å². The molecule has 0 saturated carbocycles. The first kappa shape index (κ1) is 18.2. The molecule has 0 unspecified atom stereocenters. The van der Waals surface area contributed by atoms with Crippen LogP contribution in [0.4, 0.5) is 11.5 Å². The maximum Gasteiger partial charge on any atom is 0.274 e. The van der Waals surface area contributed by atoms with E-state index in [-0.39, 0.29) is 5.91 Å². The van der Waals surface area contributed by atoms with Gasteiger partial charge in [0, 0.05) is 42.3 Å². The number of benzene rings is 1. The number of anilines is 2. The molecule has 7 heteroatoms. The van der Waals surface area contributed by atoms with E-state index in [1.54, 1.807) is 6.07 Å². The Kier molecular flexibility index (Phi) is 5.08. The lowest BCUT2D eigenvalue weighted by Crippen LogP contribution is -2.32. The van der Waals surface area contributed by atoms with Gasteiger partial charge in [-0.1, -0.05) is 30.4 Å². The van der Waals surface area contributed by atoms with Gasteiger partial charge in [0.25, 0.3) is 5.91 Å². The van der Waals surface area contributed by atoms with E-state index in [0.29, 0.717) is 18.1 Å². The molecule has 0 radical (unpaired) electrons. The van der Waals surface area contributed by atoms with Crippen molar-refractivity contribution < 1.29 is 4.79 Å². The van der Waals surface area contributed by atoms with Gasteiger partial charge in [-0.2, -0.15) is 0 Å². The van der Waals surface area contributed by atoms with E-state index in [2.05, 4.69) is 25.2 Å². The van der Waals surface area contributed by atoms with Gasteiger partial charge in [0.15, 0.2) is 5.82 Å². The maximum absolute atomic E-state index is 12.6. The van der Waals surface area contributed by atoms with Gasteiger partial charge in [0.05, 0.1) is 5.69 Å². The summed E-state index contributed by atoms with van der Waals surface area (Å²) in [6.07, 6.45) is 2.61. The minimum atomic E-state index is -0.223. The normalized spacial score (nSPS) is 13.0. The van der Waals surface area contributed by atoms with Gasteiger partial charge in [0.1, 0.15) is 11.5 Å². The Bertz CT molecular complexity index is 1050. The first-order valence-electron chi connectivity index (χ1n) is 9.02. The van der Waals surface area contributed by atoms with Gasteiger partial charge >= 0.3 is 0 Å². The highest BCUT2D eigenvalue weighted by Gasteiger charge is 2.20. The zero-order valence-corrected chi connectivity index (χ0v) is 16.2. The Labute approximate surface area is 168 Å². The number of hydrogen-bond acceptors (Lipinski definition) is 6. The molecule has 28 heavy (non-hydrogen) atoms. The summed E-state index contributed by atoms with van der Waals surface area (Å²) in [6.45, 7) is 3.42. The van der Waals surface area contributed by atoms with Crippen molar-refractivity contribution in [1.29, 1.82) is 0 Å². The number of aromatic nitrogens is 3. The molecule has 0 fully saturated rings. The molecular weight excluding hydrogens is 370 g/mol. The summed E-state index contributed by atoms with van der Waals surface area (Å²) >= 11 is 4.91. The smallest absolute Gasteiger partial charge is 0.274 e. The largest absolute Gasteiger partial charge is 0.352 e. The fourth-order valence-corrected chi connectivity index (χ4v) is 3.34. The monoisotopic (exact) mass is 389 g/mol. The number of nitrogens with one attached hydrogen (secondary N) is 1. The van der Waals surface area contributed by atoms with Crippen LogP contribution >= 0.6 is 12.2 Å². The van der Waals surface area contributed by atoms with Crippen LogP contribution in [0.15, 0.2) is 48.7 Å². The molecule has 3 heterocycles. The third-order valence-electron chi connectivity index (χ3n) is 4.62. The van der Waals surface area contributed by atoms with Gasteiger partial charge in [0.2, 0.25) is 0 Å². The van der Waals surface area contributed by atoms with Crippen LogP contribution in [0.2, 0.25) is 0 Å². The van der Waals surface area contributed by atoms with Crippen LogP contribution in [-0.4, -0.2) is 32.8 Å². The molecule has 4 rings (SSSR count). The number of pyridine rings is 1. The van der Waals surface area contributed by atoms with E-state index in [4.69, 9.17) is 12.2 Å².